The molecule has 33 heavy (non-hydrogen) atoms. The Hall–Kier alpha value is -2.06. The third kappa shape index (κ3) is 4.64. The summed E-state index contributed by atoms with van der Waals surface area (Å²) in [6, 6.07) is 10.1. The number of aromatic nitrogens is 2. The lowest BCUT2D eigenvalue weighted by Crippen LogP contribution is -2.52. The molecule has 178 valence electrons. The fourth-order valence-corrected chi connectivity index (χ4v) is 5.51. The molecule has 7 nitrogen and oxygen atoms in total. The van der Waals surface area contributed by atoms with Crippen LogP contribution in [0.4, 0.5) is 0 Å². The molecule has 1 saturated heterocycles. The van der Waals surface area contributed by atoms with Gasteiger partial charge in [0.2, 0.25) is 5.91 Å². The van der Waals surface area contributed by atoms with E-state index in [0.717, 1.165) is 49.2 Å². The molecule has 1 spiro atoms. The van der Waals surface area contributed by atoms with E-state index in [0.29, 0.717) is 26.1 Å². The van der Waals surface area contributed by atoms with Gasteiger partial charge >= 0.3 is 0 Å². The van der Waals surface area contributed by atoms with Crippen molar-refractivity contribution in [3.63, 3.8) is 0 Å². The van der Waals surface area contributed by atoms with Crippen LogP contribution >= 0.6 is 12.4 Å². The maximum Gasteiger partial charge on any atom is 0.225 e. The van der Waals surface area contributed by atoms with E-state index >= 15 is 0 Å². The zero-order valence-corrected chi connectivity index (χ0v) is 19.9. The molecule has 2 fully saturated rings. The summed E-state index contributed by atoms with van der Waals surface area (Å²) < 4.78 is 11.9. The summed E-state index contributed by atoms with van der Waals surface area (Å²) in [7, 11) is 1.69. The van der Waals surface area contributed by atoms with Crippen molar-refractivity contribution < 1.29 is 14.3 Å². The second kappa shape index (κ2) is 10.1. The molecule has 5 rings (SSSR count). The summed E-state index contributed by atoms with van der Waals surface area (Å²) in [6.07, 6.45) is 6.67. The molecule has 1 saturated carbocycles. The molecule has 1 amide bonds. The van der Waals surface area contributed by atoms with Gasteiger partial charge in [-0.1, -0.05) is 30.3 Å². The summed E-state index contributed by atoms with van der Waals surface area (Å²) in [4.78, 5) is 24.8. The second-order valence-corrected chi connectivity index (χ2v) is 9.30. The third-order valence-electron chi connectivity index (χ3n) is 7.46. The van der Waals surface area contributed by atoms with Gasteiger partial charge in [0.15, 0.2) is 5.82 Å². The molecule has 3 heterocycles. The average Bonchev–Trinajstić information content (AvgIpc) is 2.85. The van der Waals surface area contributed by atoms with Crippen molar-refractivity contribution in [3.05, 3.63) is 47.8 Å². The van der Waals surface area contributed by atoms with E-state index in [-0.39, 0.29) is 36.4 Å². The predicted molar refractivity (Wildman–Crippen MR) is 128 cm³/mol. The van der Waals surface area contributed by atoms with Crippen LogP contribution in [-0.2, 0) is 26.3 Å². The molecule has 2 N–H and O–H groups in total. The number of benzene rings is 1. The summed E-state index contributed by atoms with van der Waals surface area (Å²) in [5.41, 5.74) is 8.89. The largest absolute Gasteiger partial charge is 0.380 e. The minimum atomic E-state index is -0.430. The van der Waals surface area contributed by atoms with Crippen molar-refractivity contribution in [3.8, 4) is 11.4 Å². The first-order valence-electron chi connectivity index (χ1n) is 11.7. The number of likely N-dealkylation sites (tertiary alicyclic amines) is 1. The number of halogens is 1. The molecule has 8 heteroatoms. The number of fused-ring (bicyclic) bond motifs is 2. The van der Waals surface area contributed by atoms with Gasteiger partial charge in [-0.25, -0.2) is 9.97 Å². The number of piperidine rings is 1. The van der Waals surface area contributed by atoms with Crippen LogP contribution in [0, 0.1) is 5.92 Å². The van der Waals surface area contributed by atoms with Gasteiger partial charge in [-0.15, -0.1) is 12.4 Å². The molecule has 2 aromatic rings. The normalized spacial score (nSPS) is 26.4. The highest BCUT2D eigenvalue weighted by molar-refractivity contribution is 5.85. The number of ether oxygens (including phenoxy) is 2. The lowest BCUT2D eigenvalue weighted by molar-refractivity contribution is -0.147. The zero-order chi connectivity index (χ0) is 22.1. The summed E-state index contributed by atoms with van der Waals surface area (Å²) >= 11 is 0. The van der Waals surface area contributed by atoms with E-state index in [1.807, 2.05) is 41.4 Å². The average molecular weight is 473 g/mol. The molecule has 0 radical (unpaired) electrons. The van der Waals surface area contributed by atoms with E-state index in [4.69, 9.17) is 20.2 Å². The number of methoxy groups -OCH3 is 1. The summed E-state index contributed by atoms with van der Waals surface area (Å²) in [5.74, 6) is 0.967. The molecule has 0 unspecified atom stereocenters. The van der Waals surface area contributed by atoms with Gasteiger partial charge in [-0.05, 0) is 44.1 Å². The highest BCUT2D eigenvalue weighted by Crippen LogP contribution is 2.41. The first-order chi connectivity index (χ1) is 15.6. The van der Waals surface area contributed by atoms with Crippen molar-refractivity contribution in [1.82, 2.24) is 14.9 Å². The van der Waals surface area contributed by atoms with Crippen molar-refractivity contribution in [2.24, 2.45) is 11.7 Å². The summed E-state index contributed by atoms with van der Waals surface area (Å²) in [6.45, 7) is 2.04. The van der Waals surface area contributed by atoms with Crippen LogP contribution in [0.5, 0.6) is 0 Å². The Morgan fingerprint density at radius 1 is 1.21 bits per heavy atom. The van der Waals surface area contributed by atoms with Crippen molar-refractivity contribution >= 4 is 18.3 Å². The van der Waals surface area contributed by atoms with Gasteiger partial charge in [0.1, 0.15) is 5.60 Å². The van der Waals surface area contributed by atoms with Crippen LogP contribution in [0.3, 0.4) is 0 Å². The van der Waals surface area contributed by atoms with Crippen molar-refractivity contribution in [2.75, 3.05) is 26.8 Å². The summed E-state index contributed by atoms with van der Waals surface area (Å²) in [5, 5.41) is 0. The van der Waals surface area contributed by atoms with E-state index < -0.39 is 5.60 Å². The molecular formula is C25H33ClN4O3. The second-order valence-electron chi connectivity index (χ2n) is 9.30. The van der Waals surface area contributed by atoms with E-state index in [1.54, 1.807) is 7.11 Å². The maximum atomic E-state index is 13.2. The van der Waals surface area contributed by atoms with Gasteiger partial charge < -0.3 is 20.1 Å². The zero-order valence-electron chi connectivity index (χ0n) is 19.1. The fourth-order valence-electron chi connectivity index (χ4n) is 5.51. The molecule has 2 aliphatic heterocycles. The number of rotatable bonds is 3. The number of hydrogen-bond donors (Lipinski definition) is 1. The molecular weight excluding hydrogens is 440 g/mol. The van der Waals surface area contributed by atoms with E-state index in [1.165, 1.54) is 5.56 Å². The first-order valence-corrected chi connectivity index (χ1v) is 11.7. The predicted octanol–water partition coefficient (Wildman–Crippen LogP) is 3.10. The lowest BCUT2D eigenvalue weighted by atomic mass is 9.81. The van der Waals surface area contributed by atoms with E-state index in [2.05, 4.69) is 4.98 Å². The Morgan fingerprint density at radius 2 is 1.97 bits per heavy atom. The number of nitrogens with zero attached hydrogens (tertiary/aromatic N) is 3. The van der Waals surface area contributed by atoms with Crippen LogP contribution in [0.1, 0.15) is 43.4 Å². The van der Waals surface area contributed by atoms with Crippen molar-refractivity contribution in [1.29, 1.82) is 0 Å². The Bertz CT molecular complexity index is 965. The van der Waals surface area contributed by atoms with Gasteiger partial charge in [0.05, 0.1) is 18.4 Å². The highest BCUT2D eigenvalue weighted by atomic mass is 35.5. The van der Waals surface area contributed by atoms with E-state index in [9.17, 15) is 4.79 Å². The van der Waals surface area contributed by atoms with Crippen LogP contribution in [-0.4, -0.2) is 59.7 Å². The number of nitrogens with two attached hydrogens (primary N) is 1. The van der Waals surface area contributed by atoms with Gasteiger partial charge in [-0.3, -0.25) is 4.79 Å². The quantitative estimate of drug-likeness (QED) is 0.738. The van der Waals surface area contributed by atoms with Gasteiger partial charge in [-0.2, -0.15) is 0 Å². The topological polar surface area (TPSA) is 90.6 Å². The number of carbonyl (C=O) groups is 1. The molecule has 3 aliphatic rings. The lowest BCUT2D eigenvalue weighted by Gasteiger charge is -2.45. The third-order valence-corrected chi connectivity index (χ3v) is 7.46. The van der Waals surface area contributed by atoms with Crippen LogP contribution in [0.2, 0.25) is 0 Å². The minimum Gasteiger partial charge on any atom is -0.380 e. The smallest absolute Gasteiger partial charge is 0.225 e. The molecule has 3 atom stereocenters. The Morgan fingerprint density at radius 3 is 2.70 bits per heavy atom. The maximum absolute atomic E-state index is 13.2. The van der Waals surface area contributed by atoms with Crippen LogP contribution in [0.15, 0.2) is 36.5 Å². The van der Waals surface area contributed by atoms with Crippen molar-refractivity contribution in [2.45, 2.75) is 56.3 Å². The minimum absolute atomic E-state index is 0. The molecule has 0 bridgehead atoms. The Labute approximate surface area is 201 Å². The standard InChI is InChI=1S/C25H32N4O3.ClH/c1-31-21-15-18(7-8-20(21)26)24(30)29-12-10-25(11-13-29)22-19(9-14-32-25)16-27-23(28-22)17-5-3-2-4-6-17;/h2-6,16,18,20-21H,7-15,26H2,1H3;1H/t18-,20+,21+;/m0./s1. The van der Waals surface area contributed by atoms with Gasteiger partial charge in [0, 0.05) is 43.9 Å². The molecule has 1 aromatic heterocycles. The number of hydrogen-bond acceptors (Lipinski definition) is 6. The van der Waals surface area contributed by atoms with Gasteiger partial charge in [0.25, 0.3) is 0 Å². The monoisotopic (exact) mass is 472 g/mol. The highest BCUT2D eigenvalue weighted by Gasteiger charge is 2.44. The molecule has 1 aliphatic carbocycles. The van der Waals surface area contributed by atoms with Crippen LogP contribution < -0.4 is 5.73 Å². The fraction of sp³-hybridized carbons (Fsp3) is 0.560. The van der Waals surface area contributed by atoms with Crippen LogP contribution in [0.25, 0.3) is 11.4 Å². The first kappa shape index (κ1) is 24.1. The number of carbonyl (C=O) groups excluding carboxylic acids is 1. The number of amides is 1. The Kier molecular flexibility index (Phi) is 7.34. The SMILES string of the molecule is CO[C@@H]1C[C@@H](C(=O)N2CCC3(CC2)OCCc2cnc(-c4ccccc4)nc23)CC[C@H]1N.Cl. The molecule has 1 aromatic carbocycles. The Balaban J connectivity index is 0.00000259.